The third-order valence-electron chi connectivity index (χ3n) is 2.98. The molecule has 16 heavy (non-hydrogen) atoms. The minimum absolute atomic E-state index is 0.257. The average molecular weight is 217 g/mol. The number of rotatable bonds is 2. The molecule has 0 aliphatic carbocycles. The zero-order valence-corrected chi connectivity index (χ0v) is 9.29. The Morgan fingerprint density at radius 1 is 1.44 bits per heavy atom. The zero-order chi connectivity index (χ0) is 11.0. The normalized spacial score (nSPS) is 20.4. The quantitative estimate of drug-likeness (QED) is 0.803. The van der Waals surface area contributed by atoms with Crippen LogP contribution in [-0.4, -0.2) is 29.4 Å². The number of nitrogens with zero attached hydrogens (tertiary/aromatic N) is 1. The Labute approximate surface area is 94.0 Å². The second-order valence-corrected chi connectivity index (χ2v) is 4.31. The third-order valence-corrected chi connectivity index (χ3v) is 2.98. The molecule has 1 aliphatic rings. The minimum atomic E-state index is 0.257. The predicted molar refractivity (Wildman–Crippen MR) is 62.7 cm³/mol. The molecule has 1 unspecified atom stereocenters. The molecule has 84 valence electrons. The number of aryl methyl sites for hydroxylation is 1. The van der Waals surface area contributed by atoms with Gasteiger partial charge in [0, 0.05) is 6.54 Å². The SMILES string of the molecule is Cc1ccc2c(OC3CCNC3)n[nH]c2c1. The molecule has 2 aromatic rings. The first kappa shape index (κ1) is 9.66. The molecule has 0 spiro atoms. The molecule has 1 aliphatic heterocycles. The van der Waals surface area contributed by atoms with Gasteiger partial charge < -0.3 is 10.1 Å². The second kappa shape index (κ2) is 3.79. The Morgan fingerprint density at radius 2 is 2.38 bits per heavy atom. The summed E-state index contributed by atoms with van der Waals surface area (Å²) in [5, 5.41) is 11.6. The largest absolute Gasteiger partial charge is 0.471 e. The first-order chi connectivity index (χ1) is 7.83. The molecule has 0 bridgehead atoms. The molecular weight excluding hydrogens is 202 g/mol. The monoisotopic (exact) mass is 217 g/mol. The highest BCUT2D eigenvalue weighted by atomic mass is 16.5. The maximum Gasteiger partial charge on any atom is 0.240 e. The van der Waals surface area contributed by atoms with Crippen molar-refractivity contribution in [2.75, 3.05) is 13.1 Å². The molecule has 1 atom stereocenters. The molecule has 0 amide bonds. The van der Waals surface area contributed by atoms with Crippen molar-refractivity contribution in [3.05, 3.63) is 23.8 Å². The van der Waals surface area contributed by atoms with Crippen molar-refractivity contribution < 1.29 is 4.74 Å². The standard InChI is InChI=1S/C12H15N3O/c1-8-2-3-10-11(6-8)14-15-12(10)16-9-4-5-13-7-9/h2-3,6,9,13H,4-5,7H2,1H3,(H,14,15). The molecule has 1 aromatic heterocycles. The molecule has 1 aromatic carbocycles. The van der Waals surface area contributed by atoms with Crippen LogP contribution in [0.4, 0.5) is 0 Å². The highest BCUT2D eigenvalue weighted by Crippen LogP contribution is 2.24. The molecular formula is C12H15N3O. The van der Waals surface area contributed by atoms with Gasteiger partial charge in [-0.3, -0.25) is 5.10 Å². The van der Waals surface area contributed by atoms with Gasteiger partial charge in [0.25, 0.3) is 0 Å². The molecule has 2 N–H and O–H groups in total. The lowest BCUT2D eigenvalue weighted by atomic mass is 10.2. The summed E-state index contributed by atoms with van der Waals surface area (Å²) in [5.74, 6) is 0.726. The van der Waals surface area contributed by atoms with Crippen LogP contribution in [0.5, 0.6) is 5.88 Å². The Kier molecular flexibility index (Phi) is 2.29. The van der Waals surface area contributed by atoms with Crippen molar-refractivity contribution in [1.29, 1.82) is 0 Å². The summed E-state index contributed by atoms with van der Waals surface area (Å²) in [6, 6.07) is 6.23. The van der Waals surface area contributed by atoms with Gasteiger partial charge in [0.05, 0.1) is 10.9 Å². The van der Waals surface area contributed by atoms with Crippen molar-refractivity contribution in [3.8, 4) is 5.88 Å². The Hall–Kier alpha value is -1.55. The van der Waals surface area contributed by atoms with Gasteiger partial charge in [-0.1, -0.05) is 6.07 Å². The predicted octanol–water partition coefficient (Wildman–Crippen LogP) is 1.61. The van der Waals surface area contributed by atoms with Gasteiger partial charge in [0.15, 0.2) is 0 Å². The highest BCUT2D eigenvalue weighted by Gasteiger charge is 2.18. The van der Waals surface area contributed by atoms with Crippen LogP contribution < -0.4 is 10.1 Å². The van der Waals surface area contributed by atoms with Crippen LogP contribution in [0.1, 0.15) is 12.0 Å². The van der Waals surface area contributed by atoms with Gasteiger partial charge in [-0.25, -0.2) is 0 Å². The number of aromatic amines is 1. The van der Waals surface area contributed by atoms with Gasteiger partial charge in [-0.2, -0.15) is 0 Å². The number of H-pyrrole nitrogens is 1. The van der Waals surface area contributed by atoms with E-state index < -0.39 is 0 Å². The molecule has 3 rings (SSSR count). The summed E-state index contributed by atoms with van der Waals surface area (Å²) >= 11 is 0. The van der Waals surface area contributed by atoms with E-state index in [9.17, 15) is 0 Å². The fourth-order valence-electron chi connectivity index (χ4n) is 2.08. The summed E-state index contributed by atoms with van der Waals surface area (Å²) in [6.07, 6.45) is 1.31. The lowest BCUT2D eigenvalue weighted by Crippen LogP contribution is -2.19. The molecule has 0 radical (unpaired) electrons. The van der Waals surface area contributed by atoms with Gasteiger partial charge in [-0.15, -0.1) is 5.10 Å². The Bertz CT molecular complexity index is 500. The fraction of sp³-hybridized carbons (Fsp3) is 0.417. The average Bonchev–Trinajstić information content (AvgIpc) is 2.89. The van der Waals surface area contributed by atoms with E-state index in [1.54, 1.807) is 0 Å². The fourth-order valence-corrected chi connectivity index (χ4v) is 2.08. The van der Waals surface area contributed by atoms with E-state index in [4.69, 9.17) is 4.74 Å². The second-order valence-electron chi connectivity index (χ2n) is 4.31. The number of benzene rings is 1. The zero-order valence-electron chi connectivity index (χ0n) is 9.29. The van der Waals surface area contributed by atoms with Gasteiger partial charge in [0.2, 0.25) is 5.88 Å². The first-order valence-corrected chi connectivity index (χ1v) is 5.65. The first-order valence-electron chi connectivity index (χ1n) is 5.65. The van der Waals surface area contributed by atoms with E-state index in [2.05, 4.69) is 40.6 Å². The summed E-state index contributed by atoms with van der Waals surface area (Å²) < 4.78 is 5.86. The van der Waals surface area contributed by atoms with E-state index in [1.165, 1.54) is 5.56 Å². The minimum Gasteiger partial charge on any atom is -0.471 e. The van der Waals surface area contributed by atoms with Crippen molar-refractivity contribution in [3.63, 3.8) is 0 Å². The van der Waals surface area contributed by atoms with Crippen molar-refractivity contribution >= 4 is 10.9 Å². The van der Waals surface area contributed by atoms with Crippen LogP contribution in [0.3, 0.4) is 0 Å². The van der Waals surface area contributed by atoms with Gasteiger partial charge in [-0.05, 0) is 37.6 Å². The number of hydrogen-bond acceptors (Lipinski definition) is 3. The van der Waals surface area contributed by atoms with E-state index in [-0.39, 0.29) is 6.10 Å². The van der Waals surface area contributed by atoms with E-state index in [0.29, 0.717) is 0 Å². The molecule has 0 saturated carbocycles. The highest BCUT2D eigenvalue weighted by molar-refractivity contribution is 5.84. The molecule has 4 nitrogen and oxygen atoms in total. The van der Waals surface area contributed by atoms with E-state index in [0.717, 1.165) is 36.3 Å². The lowest BCUT2D eigenvalue weighted by molar-refractivity contribution is 0.216. The summed E-state index contributed by atoms with van der Waals surface area (Å²) in [7, 11) is 0. The van der Waals surface area contributed by atoms with Crippen molar-refractivity contribution in [1.82, 2.24) is 15.5 Å². The Balaban J connectivity index is 1.91. The number of fused-ring (bicyclic) bond motifs is 1. The maximum absolute atomic E-state index is 5.86. The topological polar surface area (TPSA) is 49.9 Å². The third kappa shape index (κ3) is 1.65. The van der Waals surface area contributed by atoms with Gasteiger partial charge in [0.1, 0.15) is 6.10 Å². The maximum atomic E-state index is 5.86. The van der Waals surface area contributed by atoms with Crippen LogP contribution in [-0.2, 0) is 0 Å². The van der Waals surface area contributed by atoms with Crippen LogP contribution >= 0.6 is 0 Å². The summed E-state index contributed by atoms with van der Waals surface area (Å²) in [4.78, 5) is 0. The van der Waals surface area contributed by atoms with Crippen LogP contribution in [0, 0.1) is 6.92 Å². The number of ether oxygens (including phenoxy) is 1. The van der Waals surface area contributed by atoms with Crippen LogP contribution in [0.15, 0.2) is 18.2 Å². The molecule has 1 saturated heterocycles. The van der Waals surface area contributed by atoms with Crippen molar-refractivity contribution in [2.24, 2.45) is 0 Å². The number of hydrogen-bond donors (Lipinski definition) is 2. The van der Waals surface area contributed by atoms with E-state index in [1.807, 2.05) is 0 Å². The van der Waals surface area contributed by atoms with Crippen LogP contribution in [0.25, 0.3) is 10.9 Å². The van der Waals surface area contributed by atoms with Gasteiger partial charge >= 0.3 is 0 Å². The summed E-state index contributed by atoms with van der Waals surface area (Å²) in [5.41, 5.74) is 2.27. The molecule has 4 heteroatoms. The van der Waals surface area contributed by atoms with E-state index >= 15 is 0 Å². The Morgan fingerprint density at radius 3 is 3.19 bits per heavy atom. The summed E-state index contributed by atoms with van der Waals surface area (Å²) in [6.45, 7) is 4.02. The smallest absolute Gasteiger partial charge is 0.240 e. The van der Waals surface area contributed by atoms with Crippen LogP contribution in [0.2, 0.25) is 0 Å². The van der Waals surface area contributed by atoms with Crippen molar-refractivity contribution in [2.45, 2.75) is 19.4 Å². The lowest BCUT2D eigenvalue weighted by Gasteiger charge is -2.09. The molecule has 1 fully saturated rings. The number of aromatic nitrogens is 2. The molecule has 2 heterocycles. The number of nitrogens with one attached hydrogen (secondary N) is 2.